The van der Waals surface area contributed by atoms with Crippen molar-refractivity contribution in [2.45, 2.75) is 27.2 Å². The molecular weight excluding hydrogens is 402 g/mol. The molecule has 150 valence electrons. The molecule has 2 aromatic heterocycles. The molecule has 5 rings (SSSR count). The number of aromatic nitrogens is 1. The first-order chi connectivity index (χ1) is 14.6. The minimum absolute atomic E-state index is 1.00. The third kappa shape index (κ3) is 2.76. The highest BCUT2D eigenvalue weighted by molar-refractivity contribution is 8.02. The van der Waals surface area contributed by atoms with E-state index in [1.807, 2.05) is 11.3 Å². The SMILES string of the molecule is C=C(SC)/C(=C\C)c1cc(CC)c2c(c1)[nH]c1c3sc4ccccc4c3cc(C)c12. The summed E-state index contributed by atoms with van der Waals surface area (Å²) < 4.78 is 2.71. The quantitative estimate of drug-likeness (QED) is 0.283. The van der Waals surface area contributed by atoms with E-state index in [1.165, 1.54) is 64.2 Å². The van der Waals surface area contributed by atoms with Crippen molar-refractivity contribution in [3.05, 3.63) is 76.7 Å². The number of hydrogen-bond acceptors (Lipinski definition) is 2. The van der Waals surface area contributed by atoms with Gasteiger partial charge in [-0.05, 0) is 67.0 Å². The second kappa shape index (κ2) is 7.33. The average molecular weight is 428 g/mol. The summed E-state index contributed by atoms with van der Waals surface area (Å²) in [7, 11) is 0. The summed E-state index contributed by atoms with van der Waals surface area (Å²) >= 11 is 3.60. The number of benzene rings is 3. The van der Waals surface area contributed by atoms with Crippen LogP contribution < -0.4 is 0 Å². The zero-order valence-corrected chi connectivity index (χ0v) is 19.5. The Bertz CT molecular complexity index is 1490. The number of fused-ring (bicyclic) bond motifs is 7. The van der Waals surface area contributed by atoms with Crippen LogP contribution in [0.1, 0.15) is 30.5 Å². The maximum Gasteiger partial charge on any atom is 0.0649 e. The number of H-pyrrole nitrogens is 1. The molecule has 0 radical (unpaired) electrons. The molecule has 3 heteroatoms. The van der Waals surface area contributed by atoms with Crippen molar-refractivity contribution in [1.82, 2.24) is 4.98 Å². The normalized spacial score (nSPS) is 12.6. The summed E-state index contributed by atoms with van der Waals surface area (Å²) in [4.78, 5) is 4.93. The monoisotopic (exact) mass is 427 g/mol. The molecule has 0 aliphatic carbocycles. The van der Waals surface area contributed by atoms with Crippen molar-refractivity contribution in [1.29, 1.82) is 0 Å². The highest BCUT2D eigenvalue weighted by Gasteiger charge is 2.18. The molecule has 0 aliphatic heterocycles. The number of aromatic amines is 1. The molecule has 0 unspecified atom stereocenters. The van der Waals surface area contributed by atoms with Gasteiger partial charge in [-0.1, -0.05) is 43.8 Å². The van der Waals surface area contributed by atoms with E-state index in [9.17, 15) is 0 Å². The van der Waals surface area contributed by atoms with Crippen molar-refractivity contribution in [3.8, 4) is 0 Å². The molecular formula is C27H25NS2. The summed E-state index contributed by atoms with van der Waals surface area (Å²) in [6.45, 7) is 10.9. The van der Waals surface area contributed by atoms with E-state index in [2.05, 4.69) is 87.1 Å². The fraction of sp³-hybridized carbons (Fsp3) is 0.185. The van der Waals surface area contributed by atoms with Crippen molar-refractivity contribution >= 4 is 70.6 Å². The van der Waals surface area contributed by atoms with Crippen LogP contribution in [0.2, 0.25) is 0 Å². The van der Waals surface area contributed by atoms with Crippen molar-refractivity contribution in [2.24, 2.45) is 0 Å². The highest BCUT2D eigenvalue weighted by atomic mass is 32.2. The Morgan fingerprint density at radius 3 is 2.67 bits per heavy atom. The van der Waals surface area contributed by atoms with Crippen LogP contribution in [-0.4, -0.2) is 11.2 Å². The first-order valence-corrected chi connectivity index (χ1v) is 12.4. The second-order valence-electron chi connectivity index (χ2n) is 7.78. The molecule has 0 aliphatic rings. The Morgan fingerprint density at radius 2 is 1.93 bits per heavy atom. The molecule has 0 saturated heterocycles. The summed E-state index contributed by atoms with van der Waals surface area (Å²) in [5.41, 5.74) is 7.71. The van der Waals surface area contributed by atoms with Gasteiger partial charge in [0.25, 0.3) is 0 Å². The first kappa shape index (κ1) is 19.5. The van der Waals surface area contributed by atoms with Gasteiger partial charge in [-0.2, -0.15) is 0 Å². The van der Waals surface area contributed by atoms with Gasteiger partial charge in [0.15, 0.2) is 0 Å². The second-order valence-corrected chi connectivity index (χ2v) is 9.74. The van der Waals surface area contributed by atoms with Crippen molar-refractivity contribution < 1.29 is 0 Å². The molecule has 0 bridgehead atoms. The first-order valence-electron chi connectivity index (χ1n) is 10.4. The number of allylic oxidation sites excluding steroid dienone is 2. The van der Waals surface area contributed by atoms with Crippen LogP contribution in [0.3, 0.4) is 0 Å². The lowest BCUT2D eigenvalue weighted by Gasteiger charge is -2.12. The standard InChI is InChI=1S/C27H25NS2/c1-6-17-13-18(19(7-2)16(4)29-5)14-22-25(17)24-15(3)12-21-20-10-8-9-11-23(20)30-27(21)26(24)28-22/h7-14,28H,4,6H2,1-3,5H3/b19-7+. The van der Waals surface area contributed by atoms with Gasteiger partial charge in [0.05, 0.1) is 10.2 Å². The van der Waals surface area contributed by atoms with Gasteiger partial charge in [0.1, 0.15) is 0 Å². The van der Waals surface area contributed by atoms with Crippen LogP contribution in [0, 0.1) is 6.92 Å². The fourth-order valence-electron chi connectivity index (χ4n) is 4.70. The molecule has 0 fully saturated rings. The molecule has 0 saturated carbocycles. The minimum Gasteiger partial charge on any atom is -0.353 e. The lowest BCUT2D eigenvalue weighted by Crippen LogP contribution is -1.91. The van der Waals surface area contributed by atoms with Gasteiger partial charge in [-0.3, -0.25) is 0 Å². The Labute approximate surface area is 185 Å². The molecule has 1 nitrogen and oxygen atoms in total. The van der Waals surface area contributed by atoms with E-state index in [0.717, 1.165) is 11.3 Å². The molecule has 0 amide bonds. The number of thiophene rings is 1. The smallest absolute Gasteiger partial charge is 0.0649 e. The Kier molecular flexibility index (Phi) is 4.76. The third-order valence-electron chi connectivity index (χ3n) is 6.12. The van der Waals surface area contributed by atoms with Crippen molar-refractivity contribution in [2.75, 3.05) is 6.26 Å². The van der Waals surface area contributed by atoms with Gasteiger partial charge < -0.3 is 4.98 Å². The van der Waals surface area contributed by atoms with Crippen molar-refractivity contribution in [3.63, 3.8) is 0 Å². The van der Waals surface area contributed by atoms with Gasteiger partial charge in [-0.15, -0.1) is 23.1 Å². The summed E-state index contributed by atoms with van der Waals surface area (Å²) in [5.74, 6) is 0. The lowest BCUT2D eigenvalue weighted by atomic mass is 9.95. The van der Waals surface area contributed by atoms with Crippen LogP contribution in [0.15, 0.2) is 60.0 Å². The molecule has 0 atom stereocenters. The zero-order chi connectivity index (χ0) is 21.0. The van der Waals surface area contributed by atoms with E-state index < -0.39 is 0 Å². The predicted octanol–water partition coefficient (Wildman–Crippen LogP) is 8.84. The van der Waals surface area contributed by atoms with Gasteiger partial charge in [-0.25, -0.2) is 0 Å². The van der Waals surface area contributed by atoms with Crippen LogP contribution >= 0.6 is 23.1 Å². The van der Waals surface area contributed by atoms with E-state index in [-0.39, 0.29) is 0 Å². The average Bonchev–Trinajstić information content (AvgIpc) is 3.32. The third-order valence-corrected chi connectivity index (χ3v) is 8.04. The van der Waals surface area contributed by atoms with Crippen LogP contribution in [-0.2, 0) is 6.42 Å². The van der Waals surface area contributed by atoms with Crippen LogP contribution in [0.4, 0.5) is 0 Å². The number of nitrogens with one attached hydrogen (secondary N) is 1. The van der Waals surface area contributed by atoms with E-state index >= 15 is 0 Å². The summed E-state index contributed by atoms with van der Waals surface area (Å²) in [5, 5.41) is 5.46. The van der Waals surface area contributed by atoms with Gasteiger partial charge in [0.2, 0.25) is 0 Å². The molecule has 2 heterocycles. The highest BCUT2D eigenvalue weighted by Crippen LogP contribution is 2.43. The predicted molar refractivity (Wildman–Crippen MR) is 139 cm³/mol. The van der Waals surface area contributed by atoms with Gasteiger partial charge in [0, 0.05) is 36.7 Å². The Morgan fingerprint density at radius 1 is 1.13 bits per heavy atom. The topological polar surface area (TPSA) is 15.8 Å². The van der Waals surface area contributed by atoms with Gasteiger partial charge >= 0.3 is 0 Å². The number of hydrogen-bond donors (Lipinski definition) is 1. The molecule has 0 spiro atoms. The summed E-state index contributed by atoms with van der Waals surface area (Å²) in [6.07, 6.45) is 5.27. The van der Waals surface area contributed by atoms with E-state index in [1.54, 1.807) is 11.8 Å². The number of thioether (sulfide) groups is 1. The molecule has 5 aromatic rings. The van der Waals surface area contributed by atoms with E-state index in [4.69, 9.17) is 0 Å². The molecule has 3 aromatic carbocycles. The van der Waals surface area contributed by atoms with Crippen LogP contribution in [0.5, 0.6) is 0 Å². The minimum atomic E-state index is 1.00. The molecule has 30 heavy (non-hydrogen) atoms. The van der Waals surface area contributed by atoms with Crippen LogP contribution in [0.25, 0.3) is 47.6 Å². The number of rotatable bonds is 4. The lowest BCUT2D eigenvalue weighted by molar-refractivity contribution is 1.16. The maximum absolute atomic E-state index is 4.26. The summed E-state index contributed by atoms with van der Waals surface area (Å²) in [6, 6.07) is 15.8. The largest absolute Gasteiger partial charge is 0.353 e. The maximum atomic E-state index is 4.26. The van der Waals surface area contributed by atoms with E-state index in [0.29, 0.717) is 0 Å². The zero-order valence-electron chi connectivity index (χ0n) is 17.8. The fourth-order valence-corrected chi connectivity index (χ4v) is 6.34. The Hall–Kier alpha value is -2.49. The molecule has 1 N–H and O–H groups in total. The number of aryl methyl sites for hydroxylation is 2. The Balaban J connectivity index is 1.91.